The molecule has 1 N–H and O–H groups in total. The lowest BCUT2D eigenvalue weighted by Crippen LogP contribution is -3.10. The summed E-state index contributed by atoms with van der Waals surface area (Å²) in [6, 6.07) is 6.40. The lowest BCUT2D eigenvalue weighted by molar-refractivity contribution is -0.887. The van der Waals surface area contributed by atoms with Crippen molar-refractivity contribution < 1.29 is 9.64 Å². The van der Waals surface area contributed by atoms with Crippen LogP contribution >= 0.6 is 0 Å². The van der Waals surface area contributed by atoms with Crippen LogP contribution in [0.25, 0.3) is 0 Å². The Morgan fingerprint density at radius 3 is 2.69 bits per heavy atom. The van der Waals surface area contributed by atoms with Gasteiger partial charge in [0.2, 0.25) is 0 Å². The highest BCUT2D eigenvalue weighted by atomic mass is 16.5. The van der Waals surface area contributed by atoms with Gasteiger partial charge in [0, 0.05) is 12.8 Å². The van der Waals surface area contributed by atoms with Crippen molar-refractivity contribution in [2.75, 3.05) is 26.2 Å². The third-order valence-corrected chi connectivity index (χ3v) is 3.37. The SMILES string of the molecule is Cc1ccc(C)c(OCC[NH+]2CCCC2)c1. The molecule has 88 valence electrons. The summed E-state index contributed by atoms with van der Waals surface area (Å²) in [5.41, 5.74) is 2.51. The lowest BCUT2D eigenvalue weighted by atomic mass is 10.1. The van der Waals surface area contributed by atoms with Gasteiger partial charge >= 0.3 is 0 Å². The van der Waals surface area contributed by atoms with Crippen LogP contribution in [0, 0.1) is 13.8 Å². The van der Waals surface area contributed by atoms with Crippen LogP contribution in [-0.2, 0) is 0 Å². The van der Waals surface area contributed by atoms with E-state index < -0.39 is 0 Å². The van der Waals surface area contributed by atoms with Crippen LogP contribution < -0.4 is 9.64 Å². The van der Waals surface area contributed by atoms with E-state index in [1.807, 2.05) is 0 Å². The Bertz CT molecular complexity index is 343. The van der Waals surface area contributed by atoms with Crippen molar-refractivity contribution in [3.63, 3.8) is 0 Å². The molecule has 0 spiro atoms. The van der Waals surface area contributed by atoms with Gasteiger partial charge in [-0.25, -0.2) is 0 Å². The average Bonchev–Trinajstić information content (AvgIpc) is 2.76. The van der Waals surface area contributed by atoms with Crippen molar-refractivity contribution in [1.29, 1.82) is 0 Å². The van der Waals surface area contributed by atoms with Gasteiger partial charge in [-0.2, -0.15) is 0 Å². The van der Waals surface area contributed by atoms with E-state index >= 15 is 0 Å². The summed E-state index contributed by atoms with van der Waals surface area (Å²) in [4.78, 5) is 1.70. The number of aryl methyl sites for hydroxylation is 2. The first-order valence-corrected chi connectivity index (χ1v) is 6.29. The predicted octanol–water partition coefficient (Wildman–Crippen LogP) is 1.36. The Morgan fingerprint density at radius 2 is 1.94 bits per heavy atom. The molecule has 1 saturated heterocycles. The number of nitrogens with one attached hydrogen (secondary N) is 1. The first-order chi connectivity index (χ1) is 7.75. The summed E-state index contributed by atoms with van der Waals surface area (Å²) >= 11 is 0. The largest absolute Gasteiger partial charge is 0.487 e. The molecule has 2 rings (SSSR count). The Hall–Kier alpha value is -1.02. The van der Waals surface area contributed by atoms with Crippen LogP contribution in [0.5, 0.6) is 5.75 Å². The number of hydrogen-bond donors (Lipinski definition) is 1. The number of ether oxygens (including phenoxy) is 1. The van der Waals surface area contributed by atoms with Gasteiger partial charge in [-0.3, -0.25) is 0 Å². The van der Waals surface area contributed by atoms with Gasteiger partial charge in [-0.05, 0) is 31.0 Å². The van der Waals surface area contributed by atoms with Crippen molar-refractivity contribution in [3.05, 3.63) is 29.3 Å². The molecule has 16 heavy (non-hydrogen) atoms. The molecule has 1 aromatic rings. The number of rotatable bonds is 4. The summed E-state index contributed by atoms with van der Waals surface area (Å²) < 4.78 is 5.86. The Kier molecular flexibility index (Phi) is 3.83. The van der Waals surface area contributed by atoms with Gasteiger partial charge in [0.15, 0.2) is 0 Å². The monoisotopic (exact) mass is 220 g/mol. The summed E-state index contributed by atoms with van der Waals surface area (Å²) in [6.45, 7) is 8.87. The van der Waals surface area contributed by atoms with Crippen molar-refractivity contribution in [3.8, 4) is 5.75 Å². The summed E-state index contributed by atoms with van der Waals surface area (Å²) in [7, 11) is 0. The van der Waals surface area contributed by atoms with Crippen LogP contribution in [-0.4, -0.2) is 26.2 Å². The fourth-order valence-corrected chi connectivity index (χ4v) is 2.29. The molecule has 0 saturated carbocycles. The minimum absolute atomic E-state index is 0.847. The van der Waals surface area contributed by atoms with Crippen molar-refractivity contribution >= 4 is 0 Å². The summed E-state index contributed by atoms with van der Waals surface area (Å²) in [6.07, 6.45) is 2.78. The van der Waals surface area contributed by atoms with Crippen LogP contribution in [0.15, 0.2) is 18.2 Å². The second-order valence-corrected chi connectivity index (χ2v) is 4.82. The molecular weight excluding hydrogens is 198 g/mol. The first kappa shape index (κ1) is 11.5. The maximum Gasteiger partial charge on any atom is 0.137 e. The van der Waals surface area contributed by atoms with Gasteiger partial charge in [-0.15, -0.1) is 0 Å². The molecule has 2 nitrogen and oxygen atoms in total. The van der Waals surface area contributed by atoms with E-state index in [9.17, 15) is 0 Å². The number of hydrogen-bond acceptors (Lipinski definition) is 1. The Labute approximate surface area is 98.2 Å². The first-order valence-electron chi connectivity index (χ1n) is 6.29. The van der Waals surface area contributed by atoms with E-state index in [4.69, 9.17) is 4.74 Å². The molecule has 1 aromatic carbocycles. The maximum absolute atomic E-state index is 5.86. The van der Waals surface area contributed by atoms with Gasteiger partial charge in [-0.1, -0.05) is 12.1 Å². The average molecular weight is 220 g/mol. The maximum atomic E-state index is 5.86. The van der Waals surface area contributed by atoms with Crippen LogP contribution in [0.1, 0.15) is 24.0 Å². The molecule has 1 heterocycles. The Morgan fingerprint density at radius 1 is 1.19 bits per heavy atom. The fourth-order valence-electron chi connectivity index (χ4n) is 2.29. The molecule has 0 atom stereocenters. The topological polar surface area (TPSA) is 13.7 Å². The third-order valence-electron chi connectivity index (χ3n) is 3.37. The lowest BCUT2D eigenvalue weighted by Gasteiger charge is -2.14. The highest BCUT2D eigenvalue weighted by Crippen LogP contribution is 2.18. The van der Waals surface area contributed by atoms with Crippen molar-refractivity contribution in [2.24, 2.45) is 0 Å². The summed E-state index contributed by atoms with van der Waals surface area (Å²) in [5.74, 6) is 1.05. The smallest absolute Gasteiger partial charge is 0.137 e. The van der Waals surface area contributed by atoms with Crippen LogP contribution in [0.4, 0.5) is 0 Å². The van der Waals surface area contributed by atoms with Gasteiger partial charge < -0.3 is 9.64 Å². The van der Waals surface area contributed by atoms with Gasteiger partial charge in [0.25, 0.3) is 0 Å². The standard InChI is InChI=1S/C14H21NO/c1-12-5-6-13(2)14(11-12)16-10-9-15-7-3-4-8-15/h5-6,11H,3-4,7-10H2,1-2H3/p+1. The predicted molar refractivity (Wildman–Crippen MR) is 66.2 cm³/mol. The Balaban J connectivity index is 1.82. The minimum atomic E-state index is 0.847. The van der Waals surface area contributed by atoms with Gasteiger partial charge in [0.05, 0.1) is 13.1 Å². The molecule has 0 aliphatic carbocycles. The fraction of sp³-hybridized carbons (Fsp3) is 0.571. The second kappa shape index (κ2) is 5.35. The highest BCUT2D eigenvalue weighted by Gasteiger charge is 2.14. The number of benzene rings is 1. The van der Waals surface area contributed by atoms with E-state index in [0.717, 1.165) is 18.9 Å². The molecule has 1 aliphatic heterocycles. The highest BCUT2D eigenvalue weighted by molar-refractivity contribution is 5.35. The molecule has 0 bridgehead atoms. The summed E-state index contributed by atoms with van der Waals surface area (Å²) in [5, 5.41) is 0. The van der Waals surface area contributed by atoms with E-state index in [1.165, 1.54) is 37.1 Å². The molecule has 0 aromatic heterocycles. The minimum Gasteiger partial charge on any atom is -0.487 e. The third kappa shape index (κ3) is 2.99. The van der Waals surface area contributed by atoms with Crippen molar-refractivity contribution in [1.82, 2.24) is 0 Å². The van der Waals surface area contributed by atoms with E-state index in [1.54, 1.807) is 4.90 Å². The van der Waals surface area contributed by atoms with E-state index in [2.05, 4.69) is 32.0 Å². The molecule has 1 fully saturated rings. The van der Waals surface area contributed by atoms with E-state index in [-0.39, 0.29) is 0 Å². The van der Waals surface area contributed by atoms with Crippen molar-refractivity contribution in [2.45, 2.75) is 26.7 Å². The molecule has 0 amide bonds. The normalized spacial score (nSPS) is 16.6. The molecule has 0 radical (unpaired) electrons. The number of likely N-dealkylation sites (tertiary alicyclic amines) is 1. The van der Waals surface area contributed by atoms with Crippen LogP contribution in [0.2, 0.25) is 0 Å². The molecule has 1 aliphatic rings. The molecular formula is C14H22NO+. The second-order valence-electron chi connectivity index (χ2n) is 4.82. The molecule has 0 unspecified atom stereocenters. The zero-order valence-corrected chi connectivity index (χ0v) is 10.4. The zero-order valence-electron chi connectivity index (χ0n) is 10.4. The zero-order chi connectivity index (χ0) is 11.4. The van der Waals surface area contributed by atoms with Crippen LogP contribution in [0.3, 0.4) is 0 Å². The van der Waals surface area contributed by atoms with E-state index in [0.29, 0.717) is 0 Å². The number of quaternary nitrogens is 1. The molecule has 2 heteroatoms. The van der Waals surface area contributed by atoms with Gasteiger partial charge in [0.1, 0.15) is 18.9 Å². The quantitative estimate of drug-likeness (QED) is 0.809.